The van der Waals surface area contributed by atoms with E-state index in [4.69, 9.17) is 0 Å². The van der Waals surface area contributed by atoms with Crippen molar-refractivity contribution in [1.82, 2.24) is 20.2 Å². The fourth-order valence-electron chi connectivity index (χ4n) is 2.22. The van der Waals surface area contributed by atoms with E-state index in [1.54, 1.807) is 4.90 Å². The number of rotatable bonds is 4. The first-order valence-corrected chi connectivity index (χ1v) is 6.82. The zero-order valence-corrected chi connectivity index (χ0v) is 11.7. The summed E-state index contributed by atoms with van der Waals surface area (Å²) in [5, 5.41) is 5.78. The minimum atomic E-state index is -0.425. The standard InChI is InChI=1S/C13H19N5O2/c1-3-10-12(19)15-5-6-18(10)13(20)9-7-17-11(8-16-9)14-4-2/h7-8,10H,3-6H2,1-2H3,(H,14,17)(H,15,19). The third-order valence-electron chi connectivity index (χ3n) is 3.21. The SMILES string of the molecule is CCNc1cnc(C(=O)N2CCNC(=O)C2CC)cn1. The lowest BCUT2D eigenvalue weighted by Gasteiger charge is -2.34. The summed E-state index contributed by atoms with van der Waals surface area (Å²) in [7, 11) is 0. The lowest BCUT2D eigenvalue weighted by atomic mass is 10.1. The van der Waals surface area contributed by atoms with E-state index in [1.807, 2.05) is 13.8 Å². The molecule has 0 spiro atoms. The van der Waals surface area contributed by atoms with Gasteiger partial charge in [-0.2, -0.15) is 0 Å². The van der Waals surface area contributed by atoms with E-state index < -0.39 is 6.04 Å². The molecule has 2 amide bonds. The third-order valence-corrected chi connectivity index (χ3v) is 3.21. The molecule has 1 saturated heterocycles. The van der Waals surface area contributed by atoms with Crippen LogP contribution in [0.4, 0.5) is 5.82 Å². The van der Waals surface area contributed by atoms with Crippen molar-refractivity contribution in [2.24, 2.45) is 0 Å². The molecule has 2 rings (SSSR count). The Morgan fingerprint density at radius 3 is 2.85 bits per heavy atom. The Morgan fingerprint density at radius 1 is 1.45 bits per heavy atom. The molecule has 0 aliphatic carbocycles. The summed E-state index contributed by atoms with van der Waals surface area (Å²) < 4.78 is 0. The maximum atomic E-state index is 12.4. The fourth-order valence-corrected chi connectivity index (χ4v) is 2.22. The zero-order valence-electron chi connectivity index (χ0n) is 11.7. The minimum Gasteiger partial charge on any atom is -0.369 e. The lowest BCUT2D eigenvalue weighted by Crippen LogP contribution is -2.57. The van der Waals surface area contributed by atoms with E-state index in [-0.39, 0.29) is 17.5 Å². The lowest BCUT2D eigenvalue weighted by molar-refractivity contribution is -0.127. The van der Waals surface area contributed by atoms with Gasteiger partial charge in [0.2, 0.25) is 5.91 Å². The van der Waals surface area contributed by atoms with Gasteiger partial charge in [0, 0.05) is 19.6 Å². The number of nitrogens with zero attached hydrogens (tertiary/aromatic N) is 3. The van der Waals surface area contributed by atoms with Crippen LogP contribution >= 0.6 is 0 Å². The number of amides is 2. The van der Waals surface area contributed by atoms with Crippen molar-refractivity contribution in [2.75, 3.05) is 25.0 Å². The Labute approximate surface area is 117 Å². The van der Waals surface area contributed by atoms with Gasteiger partial charge in [0.25, 0.3) is 5.91 Å². The average molecular weight is 277 g/mol. The van der Waals surface area contributed by atoms with Crippen molar-refractivity contribution in [3.63, 3.8) is 0 Å². The number of nitrogens with one attached hydrogen (secondary N) is 2. The molecule has 0 bridgehead atoms. The molecule has 0 radical (unpaired) electrons. The van der Waals surface area contributed by atoms with Crippen LogP contribution in [0.5, 0.6) is 0 Å². The van der Waals surface area contributed by atoms with Crippen molar-refractivity contribution >= 4 is 17.6 Å². The van der Waals surface area contributed by atoms with Crippen LogP contribution in [0.2, 0.25) is 0 Å². The van der Waals surface area contributed by atoms with E-state index in [0.29, 0.717) is 25.3 Å². The van der Waals surface area contributed by atoms with Gasteiger partial charge < -0.3 is 15.5 Å². The molecule has 1 aromatic rings. The van der Waals surface area contributed by atoms with Crippen molar-refractivity contribution in [3.05, 3.63) is 18.1 Å². The second-order valence-electron chi connectivity index (χ2n) is 4.53. The van der Waals surface area contributed by atoms with Gasteiger partial charge in [0.1, 0.15) is 17.6 Å². The summed E-state index contributed by atoms with van der Waals surface area (Å²) in [6.07, 6.45) is 3.56. The van der Waals surface area contributed by atoms with E-state index in [1.165, 1.54) is 12.4 Å². The molecule has 0 saturated carbocycles. The normalized spacial score (nSPS) is 18.6. The fraction of sp³-hybridized carbons (Fsp3) is 0.538. The summed E-state index contributed by atoms with van der Waals surface area (Å²) in [4.78, 5) is 34.0. The highest BCUT2D eigenvalue weighted by Crippen LogP contribution is 2.12. The molecule has 7 nitrogen and oxygen atoms in total. The molecule has 1 aliphatic rings. The summed E-state index contributed by atoms with van der Waals surface area (Å²) in [5.74, 6) is 0.277. The van der Waals surface area contributed by atoms with Crippen LogP contribution in [0.25, 0.3) is 0 Å². The van der Waals surface area contributed by atoms with Gasteiger partial charge in [-0.05, 0) is 13.3 Å². The van der Waals surface area contributed by atoms with Gasteiger partial charge >= 0.3 is 0 Å². The first-order valence-electron chi connectivity index (χ1n) is 6.82. The number of aromatic nitrogens is 2. The van der Waals surface area contributed by atoms with E-state index in [9.17, 15) is 9.59 Å². The number of hydrogen-bond acceptors (Lipinski definition) is 5. The van der Waals surface area contributed by atoms with Gasteiger partial charge in [-0.3, -0.25) is 9.59 Å². The highest BCUT2D eigenvalue weighted by molar-refractivity contribution is 5.96. The van der Waals surface area contributed by atoms with Crippen molar-refractivity contribution < 1.29 is 9.59 Å². The molecule has 2 N–H and O–H groups in total. The maximum absolute atomic E-state index is 12.4. The molecule has 1 unspecified atom stereocenters. The molecular formula is C13H19N5O2. The van der Waals surface area contributed by atoms with Crippen LogP contribution in [0.15, 0.2) is 12.4 Å². The number of anilines is 1. The van der Waals surface area contributed by atoms with Crippen molar-refractivity contribution in [1.29, 1.82) is 0 Å². The predicted octanol–water partition coefficient (Wildman–Crippen LogP) is 0.259. The molecule has 1 atom stereocenters. The Balaban J connectivity index is 2.14. The Kier molecular flexibility index (Phi) is 4.49. The van der Waals surface area contributed by atoms with E-state index >= 15 is 0 Å². The second-order valence-corrected chi connectivity index (χ2v) is 4.53. The van der Waals surface area contributed by atoms with Crippen LogP contribution in [-0.2, 0) is 4.79 Å². The molecule has 7 heteroatoms. The molecule has 2 heterocycles. The van der Waals surface area contributed by atoms with Gasteiger partial charge in [-0.1, -0.05) is 6.92 Å². The first kappa shape index (κ1) is 14.2. The van der Waals surface area contributed by atoms with Crippen LogP contribution < -0.4 is 10.6 Å². The summed E-state index contributed by atoms with van der Waals surface area (Å²) in [6.45, 7) is 5.56. The van der Waals surface area contributed by atoms with E-state index in [2.05, 4.69) is 20.6 Å². The first-order chi connectivity index (χ1) is 9.67. The van der Waals surface area contributed by atoms with Crippen LogP contribution in [0, 0.1) is 0 Å². The van der Waals surface area contributed by atoms with Gasteiger partial charge in [-0.25, -0.2) is 9.97 Å². The van der Waals surface area contributed by atoms with Gasteiger partial charge in [-0.15, -0.1) is 0 Å². The van der Waals surface area contributed by atoms with Crippen LogP contribution in [-0.4, -0.2) is 52.4 Å². The average Bonchev–Trinajstić information content (AvgIpc) is 2.47. The Hall–Kier alpha value is -2.18. The zero-order chi connectivity index (χ0) is 14.5. The second kappa shape index (κ2) is 6.31. The van der Waals surface area contributed by atoms with Crippen molar-refractivity contribution in [3.8, 4) is 0 Å². The largest absolute Gasteiger partial charge is 0.369 e. The summed E-state index contributed by atoms with van der Waals surface area (Å²) >= 11 is 0. The predicted molar refractivity (Wildman–Crippen MR) is 74.3 cm³/mol. The quantitative estimate of drug-likeness (QED) is 0.824. The maximum Gasteiger partial charge on any atom is 0.274 e. The smallest absolute Gasteiger partial charge is 0.274 e. The highest BCUT2D eigenvalue weighted by atomic mass is 16.2. The molecule has 0 aromatic carbocycles. The highest BCUT2D eigenvalue weighted by Gasteiger charge is 2.32. The molecule has 20 heavy (non-hydrogen) atoms. The van der Waals surface area contributed by atoms with Crippen molar-refractivity contribution in [2.45, 2.75) is 26.3 Å². The number of carbonyl (C=O) groups excluding carboxylic acids is 2. The monoisotopic (exact) mass is 277 g/mol. The summed E-state index contributed by atoms with van der Waals surface area (Å²) in [5.41, 5.74) is 0.264. The number of piperazine rings is 1. The molecule has 1 aromatic heterocycles. The number of carbonyl (C=O) groups is 2. The topological polar surface area (TPSA) is 87.2 Å². The number of hydrogen-bond donors (Lipinski definition) is 2. The summed E-state index contributed by atoms with van der Waals surface area (Å²) in [6, 6.07) is -0.425. The third kappa shape index (κ3) is 2.87. The van der Waals surface area contributed by atoms with Crippen LogP contribution in [0.3, 0.4) is 0 Å². The van der Waals surface area contributed by atoms with Gasteiger partial charge in [0.05, 0.1) is 12.4 Å². The van der Waals surface area contributed by atoms with Crippen LogP contribution in [0.1, 0.15) is 30.8 Å². The molecule has 1 fully saturated rings. The van der Waals surface area contributed by atoms with Gasteiger partial charge in [0.15, 0.2) is 0 Å². The molecule has 1 aliphatic heterocycles. The minimum absolute atomic E-state index is 0.107. The van der Waals surface area contributed by atoms with E-state index in [0.717, 1.165) is 6.54 Å². The molecule has 108 valence electrons. The Bertz CT molecular complexity index is 488. The Morgan fingerprint density at radius 2 is 2.25 bits per heavy atom. The molecular weight excluding hydrogens is 258 g/mol.